The summed E-state index contributed by atoms with van der Waals surface area (Å²) in [5, 5.41) is 3.58. The molecule has 2 fully saturated rings. The Morgan fingerprint density at radius 1 is 1.27 bits per heavy atom. The summed E-state index contributed by atoms with van der Waals surface area (Å²) in [6.45, 7) is 0.735. The third kappa shape index (κ3) is 2.86. The first-order chi connectivity index (χ1) is 12.6. The van der Waals surface area contributed by atoms with Crippen LogP contribution in [0.15, 0.2) is 48.7 Å². The van der Waals surface area contributed by atoms with Crippen LogP contribution in [0.5, 0.6) is 0 Å². The van der Waals surface area contributed by atoms with Gasteiger partial charge in [0.15, 0.2) is 0 Å². The number of carbonyl (C=O) groups excluding carboxylic acids is 2. The van der Waals surface area contributed by atoms with Crippen LogP contribution in [-0.4, -0.2) is 34.3 Å². The lowest BCUT2D eigenvalue weighted by atomic mass is 9.76. The standard InChI is InChI=1S/C20H20ClN3O2/c21-17-7-2-1-6-16(17)20(11-15-8-9-18(25)24(15)13-20)19(26)23-12-14-5-3-4-10-22-14/h1-7,10,15H,8-9,11-13H2,(H,23,26)/t15-,20-/m0/s1. The predicted octanol–water partition coefficient (Wildman–Crippen LogP) is 2.68. The summed E-state index contributed by atoms with van der Waals surface area (Å²) in [6.07, 6.45) is 3.68. The highest BCUT2D eigenvalue weighted by Crippen LogP contribution is 2.45. The lowest BCUT2D eigenvalue weighted by Crippen LogP contribution is -2.47. The molecule has 2 aromatic rings. The molecule has 4 rings (SSSR count). The van der Waals surface area contributed by atoms with E-state index in [9.17, 15) is 9.59 Å². The molecule has 1 aromatic heterocycles. The molecule has 5 nitrogen and oxygen atoms in total. The first kappa shape index (κ1) is 17.0. The zero-order valence-corrected chi connectivity index (χ0v) is 15.1. The Morgan fingerprint density at radius 2 is 2.08 bits per heavy atom. The second-order valence-electron chi connectivity index (χ2n) is 6.98. The summed E-state index contributed by atoms with van der Waals surface area (Å²) < 4.78 is 0. The molecule has 134 valence electrons. The van der Waals surface area contributed by atoms with Crippen LogP contribution < -0.4 is 5.32 Å². The van der Waals surface area contributed by atoms with E-state index in [0.29, 0.717) is 31.0 Å². The zero-order chi connectivity index (χ0) is 18.1. The topological polar surface area (TPSA) is 62.3 Å². The number of carbonyl (C=O) groups is 2. The second kappa shape index (κ2) is 6.72. The molecule has 0 aliphatic carbocycles. The number of nitrogens with one attached hydrogen (secondary N) is 1. The van der Waals surface area contributed by atoms with E-state index in [2.05, 4.69) is 10.3 Å². The third-order valence-electron chi connectivity index (χ3n) is 5.46. The van der Waals surface area contributed by atoms with Gasteiger partial charge < -0.3 is 10.2 Å². The normalized spacial score (nSPS) is 24.6. The number of amides is 2. The molecule has 1 aromatic carbocycles. The molecule has 3 heterocycles. The van der Waals surface area contributed by atoms with Gasteiger partial charge in [-0.2, -0.15) is 0 Å². The first-order valence-electron chi connectivity index (χ1n) is 8.83. The average Bonchev–Trinajstić information content (AvgIpc) is 3.21. The summed E-state index contributed by atoms with van der Waals surface area (Å²) in [6, 6.07) is 13.2. The molecule has 2 saturated heterocycles. The quantitative estimate of drug-likeness (QED) is 0.901. The van der Waals surface area contributed by atoms with Gasteiger partial charge in [-0.3, -0.25) is 14.6 Å². The maximum atomic E-state index is 13.3. The van der Waals surface area contributed by atoms with Gasteiger partial charge in [-0.1, -0.05) is 35.9 Å². The number of fused-ring (bicyclic) bond motifs is 1. The van der Waals surface area contributed by atoms with Crippen molar-refractivity contribution in [3.63, 3.8) is 0 Å². The van der Waals surface area contributed by atoms with Crippen molar-refractivity contribution < 1.29 is 9.59 Å². The van der Waals surface area contributed by atoms with E-state index in [-0.39, 0.29) is 17.9 Å². The van der Waals surface area contributed by atoms with E-state index >= 15 is 0 Å². The summed E-state index contributed by atoms with van der Waals surface area (Å²) in [7, 11) is 0. The van der Waals surface area contributed by atoms with E-state index in [0.717, 1.165) is 17.7 Å². The van der Waals surface area contributed by atoms with Crippen molar-refractivity contribution in [1.29, 1.82) is 0 Å². The molecule has 1 N–H and O–H groups in total. The molecule has 0 saturated carbocycles. The van der Waals surface area contributed by atoms with Crippen molar-refractivity contribution in [1.82, 2.24) is 15.2 Å². The molecule has 2 atom stereocenters. The highest BCUT2D eigenvalue weighted by atomic mass is 35.5. The Balaban J connectivity index is 1.64. The molecule has 2 amide bonds. The number of halogens is 1. The fourth-order valence-corrected chi connectivity index (χ4v) is 4.47. The maximum Gasteiger partial charge on any atom is 0.232 e. The Morgan fingerprint density at radius 3 is 2.81 bits per heavy atom. The molecular weight excluding hydrogens is 350 g/mol. The van der Waals surface area contributed by atoms with Crippen molar-refractivity contribution in [2.24, 2.45) is 0 Å². The van der Waals surface area contributed by atoms with Crippen LogP contribution in [0.25, 0.3) is 0 Å². The number of hydrogen-bond acceptors (Lipinski definition) is 3. The van der Waals surface area contributed by atoms with E-state index < -0.39 is 5.41 Å². The number of hydrogen-bond donors (Lipinski definition) is 1. The third-order valence-corrected chi connectivity index (χ3v) is 5.79. The summed E-state index contributed by atoms with van der Waals surface area (Å²) in [4.78, 5) is 31.6. The van der Waals surface area contributed by atoms with E-state index in [4.69, 9.17) is 11.6 Å². The minimum atomic E-state index is -0.812. The van der Waals surface area contributed by atoms with Gasteiger partial charge in [0.1, 0.15) is 0 Å². The van der Waals surface area contributed by atoms with Crippen molar-refractivity contribution >= 4 is 23.4 Å². The summed E-state index contributed by atoms with van der Waals surface area (Å²) >= 11 is 6.45. The van der Waals surface area contributed by atoms with Crippen LogP contribution in [0.2, 0.25) is 5.02 Å². The SMILES string of the molecule is O=C1CC[C@H]2C[C@@](C(=O)NCc3ccccn3)(c3ccccc3Cl)CN12. The summed E-state index contributed by atoms with van der Waals surface area (Å²) in [5.74, 6) is 0.0277. The number of benzene rings is 1. The minimum Gasteiger partial charge on any atom is -0.350 e. The number of pyridine rings is 1. The molecule has 2 aliphatic heterocycles. The average molecular weight is 370 g/mol. The molecule has 0 unspecified atom stereocenters. The van der Waals surface area contributed by atoms with Crippen LogP contribution in [-0.2, 0) is 21.5 Å². The smallest absolute Gasteiger partial charge is 0.232 e. The molecule has 0 spiro atoms. The van der Waals surface area contributed by atoms with Gasteiger partial charge in [-0.05, 0) is 36.6 Å². The maximum absolute atomic E-state index is 13.3. The lowest BCUT2D eigenvalue weighted by Gasteiger charge is -2.29. The van der Waals surface area contributed by atoms with Crippen molar-refractivity contribution in [3.8, 4) is 0 Å². The van der Waals surface area contributed by atoms with Crippen LogP contribution >= 0.6 is 11.6 Å². The van der Waals surface area contributed by atoms with Crippen molar-refractivity contribution in [2.75, 3.05) is 6.54 Å². The summed E-state index contributed by atoms with van der Waals surface area (Å²) in [5.41, 5.74) is 0.778. The fraction of sp³-hybridized carbons (Fsp3) is 0.350. The highest BCUT2D eigenvalue weighted by molar-refractivity contribution is 6.31. The van der Waals surface area contributed by atoms with Gasteiger partial charge in [0, 0.05) is 30.2 Å². The highest BCUT2D eigenvalue weighted by Gasteiger charge is 2.54. The Hall–Kier alpha value is -2.40. The van der Waals surface area contributed by atoms with Gasteiger partial charge in [0.2, 0.25) is 11.8 Å². The second-order valence-corrected chi connectivity index (χ2v) is 7.39. The molecule has 6 heteroatoms. The Labute approximate surface area is 157 Å². The largest absolute Gasteiger partial charge is 0.350 e. The number of rotatable bonds is 4. The van der Waals surface area contributed by atoms with Crippen LogP contribution in [0.4, 0.5) is 0 Å². The van der Waals surface area contributed by atoms with Crippen molar-refractivity contribution in [3.05, 3.63) is 64.9 Å². The molecular formula is C20H20ClN3O2. The van der Waals surface area contributed by atoms with Crippen LogP contribution in [0.1, 0.15) is 30.5 Å². The van der Waals surface area contributed by atoms with Gasteiger partial charge in [0.05, 0.1) is 17.7 Å². The van der Waals surface area contributed by atoms with Gasteiger partial charge >= 0.3 is 0 Å². The Bertz CT molecular complexity index is 842. The molecule has 0 radical (unpaired) electrons. The van der Waals surface area contributed by atoms with Crippen LogP contribution in [0.3, 0.4) is 0 Å². The number of nitrogens with zero attached hydrogens (tertiary/aromatic N) is 2. The monoisotopic (exact) mass is 369 g/mol. The fourth-order valence-electron chi connectivity index (χ4n) is 4.15. The van der Waals surface area contributed by atoms with Crippen LogP contribution in [0, 0.1) is 0 Å². The van der Waals surface area contributed by atoms with Crippen molar-refractivity contribution in [2.45, 2.75) is 37.3 Å². The molecule has 2 aliphatic rings. The van der Waals surface area contributed by atoms with E-state index in [1.54, 1.807) is 12.3 Å². The minimum absolute atomic E-state index is 0.0987. The first-order valence-corrected chi connectivity index (χ1v) is 9.21. The van der Waals surface area contributed by atoms with E-state index in [1.165, 1.54) is 0 Å². The molecule has 0 bridgehead atoms. The van der Waals surface area contributed by atoms with Gasteiger partial charge in [-0.25, -0.2) is 0 Å². The molecule has 26 heavy (non-hydrogen) atoms. The Kier molecular flexibility index (Phi) is 4.41. The van der Waals surface area contributed by atoms with Gasteiger partial charge in [-0.15, -0.1) is 0 Å². The van der Waals surface area contributed by atoms with E-state index in [1.807, 2.05) is 41.3 Å². The number of aromatic nitrogens is 1. The zero-order valence-electron chi connectivity index (χ0n) is 14.3. The predicted molar refractivity (Wildman–Crippen MR) is 98.6 cm³/mol. The van der Waals surface area contributed by atoms with Gasteiger partial charge in [0.25, 0.3) is 0 Å². The lowest BCUT2D eigenvalue weighted by molar-refractivity contribution is -0.129.